The van der Waals surface area contributed by atoms with Gasteiger partial charge in [-0.2, -0.15) is 0 Å². The van der Waals surface area contributed by atoms with Crippen molar-refractivity contribution in [3.8, 4) is 33.6 Å². The summed E-state index contributed by atoms with van der Waals surface area (Å²) < 4.78 is 7.87. The van der Waals surface area contributed by atoms with Crippen LogP contribution in [0, 0.1) is 0 Å². The van der Waals surface area contributed by atoms with Gasteiger partial charge >= 0.3 is 0 Å². The van der Waals surface area contributed by atoms with Crippen LogP contribution in [0.2, 0.25) is 0 Å². The van der Waals surface area contributed by atoms with Crippen molar-refractivity contribution in [1.29, 1.82) is 0 Å². The number of fused-ring (bicyclic) bond motifs is 13. The Bertz CT molecular complexity index is 5430. The predicted octanol–water partition coefficient (Wildman–Crippen LogP) is 24.5. The third-order valence-corrected chi connectivity index (χ3v) is 22.8. The zero-order chi connectivity index (χ0) is 66.6. The van der Waals surface area contributed by atoms with E-state index in [4.69, 9.17) is 0 Å². The summed E-state index contributed by atoms with van der Waals surface area (Å²) in [5.41, 5.74) is 28.5. The van der Waals surface area contributed by atoms with E-state index < -0.39 is 0 Å². The maximum absolute atomic E-state index is 2.87. The third kappa shape index (κ3) is 10.2. The first-order valence-corrected chi connectivity index (χ1v) is 37.0. The van der Waals surface area contributed by atoms with Crippen molar-refractivity contribution >= 4 is 132 Å². The number of aryl methyl sites for hydroxylation is 2. The monoisotopic (exact) mass is 1290 g/mol. The number of nitrogens with zero attached hydrogens (tertiary/aromatic N) is 4. The van der Waals surface area contributed by atoms with E-state index in [0.29, 0.717) is 0 Å². The molecule has 0 aliphatic carbocycles. The lowest BCUT2D eigenvalue weighted by Gasteiger charge is -2.46. The number of anilines is 6. The smallest absolute Gasteiger partial charge is 0.252 e. The molecule has 0 spiro atoms. The SMILES string of the molecule is CCCCCCc1cc2c(sc3ccccc32)c(CCCCCC)c1N1c2cc(-n3c4ccccc4c4ccccc43)ccc2B2c3ccc(-n4c5ccccc5c5ccccc54)cc3N(c3c(-c4ccccc4)cc(C(C)(C)C)cc3-c3ccccc3)c3cc(C(C)(C)C)cc1c32. The molecule has 0 saturated carbocycles. The highest BCUT2D eigenvalue weighted by Crippen LogP contribution is 2.55. The number of thiophene rings is 1. The van der Waals surface area contributed by atoms with E-state index in [-0.39, 0.29) is 17.5 Å². The number of benzene rings is 12. The Kier molecular flexibility index (Phi) is 15.5. The van der Waals surface area contributed by atoms with Crippen molar-refractivity contribution < 1.29 is 0 Å². The zero-order valence-electron chi connectivity index (χ0n) is 58.0. The highest BCUT2D eigenvalue weighted by molar-refractivity contribution is 7.26. The molecule has 2 aliphatic rings. The van der Waals surface area contributed by atoms with Crippen LogP contribution in [0.3, 0.4) is 0 Å². The number of hydrogen-bond acceptors (Lipinski definition) is 3. The van der Waals surface area contributed by atoms with E-state index in [1.165, 1.54) is 197 Å². The van der Waals surface area contributed by atoms with Gasteiger partial charge in [-0.15, -0.1) is 11.3 Å². The van der Waals surface area contributed by atoms with Gasteiger partial charge in [0.25, 0.3) is 6.71 Å². The van der Waals surface area contributed by atoms with Crippen molar-refractivity contribution in [3.05, 3.63) is 271 Å². The van der Waals surface area contributed by atoms with E-state index >= 15 is 0 Å². The van der Waals surface area contributed by atoms with Crippen molar-refractivity contribution in [1.82, 2.24) is 9.13 Å². The van der Waals surface area contributed by atoms with Crippen LogP contribution in [0.1, 0.15) is 129 Å². The Hall–Kier alpha value is -9.88. The normalized spacial score (nSPS) is 13.0. The molecule has 482 valence electrons. The largest absolute Gasteiger partial charge is 0.311 e. The lowest BCUT2D eigenvalue weighted by atomic mass is 9.33. The molecule has 0 fully saturated rings. The quantitative estimate of drug-likeness (QED) is 0.0708. The number of hydrogen-bond donors (Lipinski definition) is 0. The fourth-order valence-corrected chi connectivity index (χ4v) is 17.9. The fraction of sp³-hybridized carbons (Fsp3) is 0.217. The van der Waals surface area contributed by atoms with Crippen LogP contribution < -0.4 is 26.2 Å². The molecular weight excluding hydrogens is 1200 g/mol. The van der Waals surface area contributed by atoms with Crippen molar-refractivity contribution in [2.75, 3.05) is 9.80 Å². The molecule has 17 rings (SSSR count). The highest BCUT2D eigenvalue weighted by Gasteiger charge is 2.46. The second kappa shape index (κ2) is 24.6. The van der Waals surface area contributed by atoms with Gasteiger partial charge in [-0.3, -0.25) is 0 Å². The summed E-state index contributed by atoms with van der Waals surface area (Å²) in [6, 6.07) is 96.1. The van der Waals surface area contributed by atoms with Gasteiger partial charge in [0.1, 0.15) is 0 Å². The van der Waals surface area contributed by atoms with Crippen molar-refractivity contribution in [2.45, 2.75) is 130 Å². The lowest BCUT2D eigenvalue weighted by Crippen LogP contribution is -2.61. The number of rotatable bonds is 16. The minimum absolute atomic E-state index is 0.158. The fourth-order valence-electron chi connectivity index (χ4n) is 16.7. The number of aromatic nitrogens is 2. The van der Waals surface area contributed by atoms with E-state index in [0.717, 1.165) is 37.1 Å². The third-order valence-electron chi connectivity index (χ3n) is 21.6. The lowest BCUT2D eigenvalue weighted by molar-refractivity contribution is 0.590. The molecule has 3 aromatic heterocycles. The molecule has 0 saturated heterocycles. The zero-order valence-corrected chi connectivity index (χ0v) is 58.8. The molecule has 2 aliphatic heterocycles. The Morgan fingerprint density at radius 1 is 0.357 bits per heavy atom. The topological polar surface area (TPSA) is 16.3 Å². The molecule has 4 nitrogen and oxygen atoms in total. The van der Waals surface area contributed by atoms with Gasteiger partial charge in [-0.25, -0.2) is 0 Å². The summed E-state index contributed by atoms with van der Waals surface area (Å²) in [6.07, 6.45) is 11.4. The summed E-state index contributed by atoms with van der Waals surface area (Å²) in [5.74, 6) is 0. The van der Waals surface area contributed by atoms with E-state index in [1.807, 2.05) is 11.3 Å². The molecule has 0 unspecified atom stereocenters. The number of unbranched alkanes of at least 4 members (excludes halogenated alkanes) is 6. The van der Waals surface area contributed by atoms with Gasteiger partial charge in [-0.1, -0.05) is 258 Å². The van der Waals surface area contributed by atoms with Crippen molar-refractivity contribution in [2.24, 2.45) is 0 Å². The standard InChI is InChI=1S/C92H85BN4S/c1-9-11-13-17-37-62-53-75-71-42-27-32-48-86(71)98-90(75)72(43-22-14-12-10-2)88(62)96-82-58-65(94-78-44-28-23-38-67(78)68-39-24-29-45-79(68)94)49-51-76(82)93-77-52-50-66(95-80-46-30-25-40-69(80)70-41-26-31-47-81(70)95)59-83(77)97(85-57-64(92(6,7)8)56-84(96)87(85)93)89-73(60-33-18-15-19-34-60)54-63(91(3,4)5)55-74(89)61-35-20-16-21-36-61/h15-16,18-21,23-36,38-42,44-59H,9-14,17,22,37,43H2,1-8H3. The maximum Gasteiger partial charge on any atom is 0.252 e. The van der Waals surface area contributed by atoms with Gasteiger partial charge < -0.3 is 18.9 Å². The van der Waals surface area contributed by atoms with Crippen molar-refractivity contribution in [3.63, 3.8) is 0 Å². The summed E-state index contributed by atoms with van der Waals surface area (Å²) in [7, 11) is 0. The first-order chi connectivity index (χ1) is 47.9. The summed E-state index contributed by atoms with van der Waals surface area (Å²) in [4.78, 5) is 5.65. The van der Waals surface area contributed by atoms with Crippen LogP contribution in [0.15, 0.2) is 249 Å². The highest BCUT2D eigenvalue weighted by atomic mass is 32.1. The van der Waals surface area contributed by atoms with Gasteiger partial charge in [0.05, 0.1) is 33.4 Å². The van der Waals surface area contributed by atoms with Crippen LogP contribution >= 0.6 is 11.3 Å². The van der Waals surface area contributed by atoms with Crippen LogP contribution in [-0.4, -0.2) is 15.8 Å². The van der Waals surface area contributed by atoms with E-state index in [1.54, 1.807) is 0 Å². The first-order valence-electron chi connectivity index (χ1n) is 36.1. The second-order valence-corrected chi connectivity index (χ2v) is 30.9. The molecule has 12 aromatic carbocycles. The minimum Gasteiger partial charge on any atom is -0.311 e. The van der Waals surface area contributed by atoms with Gasteiger partial charge in [0, 0.05) is 87.0 Å². The van der Waals surface area contributed by atoms with Gasteiger partial charge in [0.15, 0.2) is 0 Å². The Balaban J connectivity index is 1.05. The Morgan fingerprint density at radius 3 is 1.24 bits per heavy atom. The summed E-state index contributed by atoms with van der Waals surface area (Å²) in [5, 5.41) is 7.81. The molecule has 98 heavy (non-hydrogen) atoms. The average molecular weight is 1290 g/mol. The number of para-hydroxylation sites is 4. The van der Waals surface area contributed by atoms with E-state index in [9.17, 15) is 0 Å². The van der Waals surface area contributed by atoms with E-state index in [2.05, 4.69) is 323 Å². The van der Waals surface area contributed by atoms with Crippen LogP contribution in [0.4, 0.5) is 34.1 Å². The molecule has 0 N–H and O–H groups in total. The van der Waals surface area contributed by atoms with Crippen LogP contribution in [-0.2, 0) is 23.7 Å². The predicted molar refractivity (Wildman–Crippen MR) is 426 cm³/mol. The van der Waals surface area contributed by atoms with Crippen LogP contribution in [0.25, 0.3) is 97.4 Å². The average Bonchev–Trinajstić information content (AvgIpc) is 1.09. The van der Waals surface area contributed by atoms with Gasteiger partial charge in [0.2, 0.25) is 0 Å². The first kappa shape index (κ1) is 61.7. The van der Waals surface area contributed by atoms with Gasteiger partial charge in [-0.05, 0) is 171 Å². The minimum atomic E-state index is -0.267. The molecule has 0 atom stereocenters. The molecular formula is C92H85BN4S. The summed E-state index contributed by atoms with van der Waals surface area (Å²) >= 11 is 2.01. The second-order valence-electron chi connectivity index (χ2n) is 29.9. The Morgan fingerprint density at radius 2 is 0.776 bits per heavy atom. The molecule has 6 heteroatoms. The molecule has 15 aromatic rings. The maximum atomic E-state index is 2.87. The van der Waals surface area contributed by atoms with Crippen LogP contribution in [0.5, 0.6) is 0 Å². The molecule has 0 radical (unpaired) electrons. The molecule has 0 bridgehead atoms. The molecule has 0 amide bonds. The Labute approximate surface area is 582 Å². The molecule has 5 heterocycles. The summed E-state index contributed by atoms with van der Waals surface area (Å²) in [6.45, 7) is 19.0.